The van der Waals surface area contributed by atoms with Crippen molar-refractivity contribution in [1.29, 1.82) is 0 Å². The summed E-state index contributed by atoms with van der Waals surface area (Å²) in [6.07, 6.45) is 1.04. The second-order valence-corrected chi connectivity index (χ2v) is 4.94. The summed E-state index contributed by atoms with van der Waals surface area (Å²) >= 11 is 1.65. The number of hydrogen-bond acceptors (Lipinski definition) is 3. The summed E-state index contributed by atoms with van der Waals surface area (Å²) in [7, 11) is 0. The van der Waals surface area contributed by atoms with Crippen LogP contribution in [0, 0.1) is 0 Å². The highest BCUT2D eigenvalue weighted by atomic mass is 32.2. The fourth-order valence-corrected chi connectivity index (χ4v) is 2.16. The minimum absolute atomic E-state index is 0.251. The normalized spacial score (nSPS) is 12.4. The number of carboxylic acids is 1. The maximum absolute atomic E-state index is 10.8. The monoisotopic (exact) mass is 225 g/mol. The van der Waals surface area contributed by atoms with Gasteiger partial charge < -0.3 is 10.8 Å². The van der Waals surface area contributed by atoms with E-state index in [0.29, 0.717) is 10.9 Å². The van der Waals surface area contributed by atoms with Crippen molar-refractivity contribution >= 4 is 23.4 Å². The minimum Gasteiger partial charge on any atom is -0.478 e. The number of thioether (sulfide) groups is 1. The van der Waals surface area contributed by atoms with Crippen LogP contribution in [0.1, 0.15) is 30.6 Å². The molecule has 0 aliphatic heterocycles. The Kier molecular flexibility index (Phi) is 4.03. The van der Waals surface area contributed by atoms with Crippen LogP contribution in [-0.2, 0) is 0 Å². The first kappa shape index (κ1) is 11.9. The van der Waals surface area contributed by atoms with Crippen LogP contribution in [-0.4, -0.2) is 16.3 Å². The fraction of sp³-hybridized carbons (Fsp3) is 0.364. The summed E-state index contributed by atoms with van der Waals surface area (Å²) in [5.41, 5.74) is 6.39. The van der Waals surface area contributed by atoms with Crippen LogP contribution in [0.3, 0.4) is 0 Å². The lowest BCUT2D eigenvalue weighted by Gasteiger charge is -2.09. The van der Waals surface area contributed by atoms with Crippen LogP contribution >= 0.6 is 11.8 Å². The maximum atomic E-state index is 10.8. The molecule has 1 aromatic rings. The zero-order valence-electron chi connectivity index (χ0n) is 8.86. The quantitative estimate of drug-likeness (QED) is 0.611. The lowest BCUT2D eigenvalue weighted by atomic mass is 10.2. The molecule has 0 bridgehead atoms. The third kappa shape index (κ3) is 3.47. The summed E-state index contributed by atoms with van der Waals surface area (Å²) in [5, 5.41) is 9.33. The van der Waals surface area contributed by atoms with Gasteiger partial charge in [0, 0.05) is 15.8 Å². The first-order chi connectivity index (χ1) is 7.02. The molecule has 0 saturated carbocycles. The molecule has 0 spiro atoms. The molecule has 0 radical (unpaired) electrons. The predicted octanol–water partition coefficient (Wildman–Crippen LogP) is 2.86. The van der Waals surface area contributed by atoms with Crippen molar-refractivity contribution < 1.29 is 9.90 Å². The number of carboxylic acid groups (broad SMARTS) is 1. The summed E-state index contributed by atoms with van der Waals surface area (Å²) in [6, 6.07) is 4.95. The fourth-order valence-electron chi connectivity index (χ4n) is 1.13. The van der Waals surface area contributed by atoms with E-state index in [-0.39, 0.29) is 5.56 Å². The van der Waals surface area contributed by atoms with Crippen molar-refractivity contribution in [2.75, 3.05) is 5.73 Å². The van der Waals surface area contributed by atoms with Crippen LogP contribution in [0.4, 0.5) is 5.69 Å². The van der Waals surface area contributed by atoms with Crippen molar-refractivity contribution in [2.24, 2.45) is 0 Å². The number of nitrogen functional groups attached to an aromatic ring is 1. The van der Waals surface area contributed by atoms with Gasteiger partial charge in [-0.3, -0.25) is 0 Å². The molecule has 1 atom stereocenters. The van der Waals surface area contributed by atoms with Gasteiger partial charge in [-0.15, -0.1) is 11.8 Å². The molecular formula is C11H15NO2S. The number of aromatic carboxylic acids is 1. The number of hydrogen-bond donors (Lipinski definition) is 2. The third-order valence-electron chi connectivity index (χ3n) is 2.09. The first-order valence-corrected chi connectivity index (χ1v) is 5.71. The van der Waals surface area contributed by atoms with Crippen molar-refractivity contribution in [1.82, 2.24) is 0 Å². The highest BCUT2D eigenvalue weighted by molar-refractivity contribution is 7.99. The van der Waals surface area contributed by atoms with E-state index in [4.69, 9.17) is 10.8 Å². The second-order valence-electron chi connectivity index (χ2n) is 3.43. The number of benzene rings is 1. The van der Waals surface area contributed by atoms with Gasteiger partial charge in [0.15, 0.2) is 0 Å². The van der Waals surface area contributed by atoms with Crippen molar-refractivity contribution in [2.45, 2.75) is 30.4 Å². The van der Waals surface area contributed by atoms with E-state index >= 15 is 0 Å². The van der Waals surface area contributed by atoms with Gasteiger partial charge in [0.2, 0.25) is 0 Å². The molecule has 0 heterocycles. The highest BCUT2D eigenvalue weighted by Crippen LogP contribution is 2.27. The topological polar surface area (TPSA) is 63.3 Å². The summed E-state index contributed by atoms with van der Waals surface area (Å²) < 4.78 is 0. The van der Waals surface area contributed by atoms with Crippen LogP contribution in [0.5, 0.6) is 0 Å². The van der Waals surface area contributed by atoms with Crippen molar-refractivity contribution in [3.63, 3.8) is 0 Å². The van der Waals surface area contributed by atoms with Gasteiger partial charge >= 0.3 is 5.97 Å². The van der Waals surface area contributed by atoms with Gasteiger partial charge in [-0.05, 0) is 24.6 Å². The molecule has 0 amide bonds. The van der Waals surface area contributed by atoms with E-state index in [1.165, 1.54) is 6.07 Å². The largest absolute Gasteiger partial charge is 0.478 e. The standard InChI is InChI=1S/C11H15NO2S/c1-3-7(2)15-10-5-8(11(13)14)4-9(12)6-10/h4-7H,3,12H2,1-2H3,(H,13,14). The molecular weight excluding hydrogens is 210 g/mol. The van der Waals surface area contributed by atoms with Gasteiger partial charge in [-0.25, -0.2) is 4.79 Å². The molecule has 0 aliphatic carbocycles. The Bertz CT molecular complexity index is 366. The number of nitrogens with two attached hydrogens (primary N) is 1. The average Bonchev–Trinajstić information content (AvgIpc) is 2.16. The third-order valence-corrected chi connectivity index (χ3v) is 3.33. The van der Waals surface area contributed by atoms with Gasteiger partial charge in [0.1, 0.15) is 0 Å². The van der Waals surface area contributed by atoms with Crippen molar-refractivity contribution in [3.05, 3.63) is 23.8 Å². The summed E-state index contributed by atoms with van der Waals surface area (Å²) in [4.78, 5) is 11.7. The summed E-state index contributed by atoms with van der Waals surface area (Å²) in [6.45, 7) is 4.20. The number of carbonyl (C=O) groups is 1. The highest BCUT2D eigenvalue weighted by Gasteiger charge is 2.08. The number of rotatable bonds is 4. The van der Waals surface area contributed by atoms with E-state index in [0.717, 1.165) is 11.3 Å². The molecule has 82 valence electrons. The number of anilines is 1. The van der Waals surface area contributed by atoms with E-state index < -0.39 is 5.97 Å². The Hall–Kier alpha value is -1.16. The SMILES string of the molecule is CCC(C)Sc1cc(N)cc(C(=O)O)c1. The van der Waals surface area contributed by atoms with Gasteiger partial charge in [-0.2, -0.15) is 0 Å². The zero-order chi connectivity index (χ0) is 11.4. The molecule has 3 N–H and O–H groups in total. The molecule has 15 heavy (non-hydrogen) atoms. The first-order valence-electron chi connectivity index (χ1n) is 4.83. The lowest BCUT2D eigenvalue weighted by molar-refractivity contribution is 0.0696. The molecule has 4 heteroatoms. The molecule has 3 nitrogen and oxygen atoms in total. The van der Waals surface area contributed by atoms with E-state index in [9.17, 15) is 4.79 Å². The summed E-state index contributed by atoms with van der Waals surface area (Å²) in [5.74, 6) is -0.937. The molecule has 0 saturated heterocycles. The van der Waals surface area contributed by atoms with E-state index in [2.05, 4.69) is 13.8 Å². The molecule has 1 aromatic carbocycles. The van der Waals surface area contributed by atoms with E-state index in [1.807, 2.05) is 6.07 Å². The smallest absolute Gasteiger partial charge is 0.335 e. The maximum Gasteiger partial charge on any atom is 0.335 e. The second kappa shape index (κ2) is 5.07. The Morgan fingerprint density at radius 2 is 2.20 bits per heavy atom. The van der Waals surface area contributed by atoms with Crippen molar-refractivity contribution in [3.8, 4) is 0 Å². The Labute approximate surface area is 93.7 Å². The average molecular weight is 225 g/mol. The van der Waals surface area contributed by atoms with Gasteiger partial charge in [0.05, 0.1) is 5.56 Å². The molecule has 1 rings (SSSR count). The predicted molar refractivity (Wildman–Crippen MR) is 63.4 cm³/mol. The van der Waals surface area contributed by atoms with Crippen LogP contribution in [0.15, 0.2) is 23.1 Å². The molecule has 0 fully saturated rings. The van der Waals surface area contributed by atoms with Gasteiger partial charge in [0.25, 0.3) is 0 Å². The van der Waals surface area contributed by atoms with E-state index in [1.54, 1.807) is 17.8 Å². The Morgan fingerprint density at radius 3 is 2.73 bits per heavy atom. The minimum atomic E-state index is -0.937. The Morgan fingerprint density at radius 1 is 1.53 bits per heavy atom. The van der Waals surface area contributed by atoms with Crippen LogP contribution in [0.2, 0.25) is 0 Å². The van der Waals surface area contributed by atoms with Crippen LogP contribution < -0.4 is 5.73 Å². The lowest BCUT2D eigenvalue weighted by Crippen LogP contribution is -2.00. The molecule has 0 aromatic heterocycles. The van der Waals surface area contributed by atoms with Gasteiger partial charge in [-0.1, -0.05) is 13.8 Å². The van der Waals surface area contributed by atoms with Crippen LogP contribution in [0.25, 0.3) is 0 Å². The Balaban J connectivity index is 2.93. The zero-order valence-corrected chi connectivity index (χ0v) is 9.67. The molecule has 0 aliphatic rings. The molecule has 1 unspecified atom stereocenters.